The highest BCUT2D eigenvalue weighted by Crippen LogP contribution is 2.28. The van der Waals surface area contributed by atoms with Crippen LogP contribution in [0.5, 0.6) is 0 Å². The molecular weight excluding hydrogens is 268 g/mol. The highest BCUT2D eigenvalue weighted by molar-refractivity contribution is 5.95. The molecule has 1 aliphatic rings. The highest BCUT2D eigenvalue weighted by Gasteiger charge is 2.43. The Balaban J connectivity index is 2.14. The van der Waals surface area contributed by atoms with Gasteiger partial charge in [0, 0.05) is 18.3 Å². The Hall–Kier alpha value is -2.30. The van der Waals surface area contributed by atoms with Gasteiger partial charge in [0.05, 0.1) is 0 Å². The van der Waals surface area contributed by atoms with Crippen molar-refractivity contribution in [1.29, 1.82) is 0 Å². The van der Waals surface area contributed by atoms with Crippen molar-refractivity contribution < 1.29 is 14.7 Å². The van der Waals surface area contributed by atoms with Gasteiger partial charge in [0.1, 0.15) is 5.54 Å². The summed E-state index contributed by atoms with van der Waals surface area (Å²) in [6, 6.07) is 7.14. The molecule has 1 aromatic rings. The van der Waals surface area contributed by atoms with Crippen molar-refractivity contribution in [1.82, 2.24) is 4.90 Å². The Morgan fingerprint density at radius 2 is 1.95 bits per heavy atom. The van der Waals surface area contributed by atoms with E-state index in [0.29, 0.717) is 18.7 Å². The predicted molar refractivity (Wildman–Crippen MR) is 81.5 cm³/mol. The van der Waals surface area contributed by atoms with Gasteiger partial charge < -0.3 is 15.7 Å². The van der Waals surface area contributed by atoms with Gasteiger partial charge in [-0.3, -0.25) is 4.79 Å². The number of anilines is 1. The molecule has 0 spiro atoms. The van der Waals surface area contributed by atoms with Crippen molar-refractivity contribution >= 4 is 23.6 Å². The minimum atomic E-state index is -1.11. The average molecular weight is 288 g/mol. The van der Waals surface area contributed by atoms with Gasteiger partial charge >= 0.3 is 5.97 Å². The first kappa shape index (κ1) is 15.1. The number of likely N-dealkylation sites (tertiary alicyclic amines) is 1. The Morgan fingerprint density at radius 3 is 2.57 bits per heavy atom. The fourth-order valence-electron chi connectivity index (χ4n) is 2.56. The molecule has 3 N–H and O–H groups in total. The van der Waals surface area contributed by atoms with Crippen LogP contribution in [-0.2, 0) is 9.59 Å². The molecule has 1 unspecified atom stereocenters. The molecule has 0 radical (unpaired) electrons. The van der Waals surface area contributed by atoms with Crippen molar-refractivity contribution in [2.45, 2.75) is 31.7 Å². The number of carbonyl (C=O) groups is 2. The molecule has 5 heteroatoms. The largest absolute Gasteiger partial charge is 0.480 e. The van der Waals surface area contributed by atoms with E-state index in [-0.39, 0.29) is 5.91 Å². The molecule has 1 aliphatic heterocycles. The van der Waals surface area contributed by atoms with E-state index in [0.717, 1.165) is 18.4 Å². The van der Waals surface area contributed by atoms with Crippen molar-refractivity contribution in [3.05, 3.63) is 35.9 Å². The highest BCUT2D eigenvalue weighted by atomic mass is 16.4. The lowest BCUT2D eigenvalue weighted by Crippen LogP contribution is -2.57. The third-order valence-electron chi connectivity index (χ3n) is 3.97. The second-order valence-corrected chi connectivity index (χ2v) is 5.53. The maximum absolute atomic E-state index is 12.3. The van der Waals surface area contributed by atoms with Crippen LogP contribution in [0.25, 0.3) is 6.08 Å². The van der Waals surface area contributed by atoms with Gasteiger partial charge in [-0.15, -0.1) is 0 Å². The van der Waals surface area contributed by atoms with Crippen LogP contribution in [0.4, 0.5) is 5.69 Å². The van der Waals surface area contributed by atoms with Crippen LogP contribution in [0.1, 0.15) is 31.7 Å². The molecule has 0 aromatic heterocycles. The SMILES string of the molecule is CC1(C(=O)O)CCCCN1C(=O)/C=C/c1ccc(N)cc1. The summed E-state index contributed by atoms with van der Waals surface area (Å²) in [6.07, 6.45) is 5.26. The molecular formula is C16H20N2O3. The second-order valence-electron chi connectivity index (χ2n) is 5.53. The van der Waals surface area contributed by atoms with Crippen LogP contribution in [0, 0.1) is 0 Å². The normalized spacial score (nSPS) is 22.4. The van der Waals surface area contributed by atoms with E-state index < -0.39 is 11.5 Å². The third-order valence-corrected chi connectivity index (χ3v) is 3.97. The molecule has 0 bridgehead atoms. The summed E-state index contributed by atoms with van der Waals surface area (Å²) in [6.45, 7) is 2.09. The van der Waals surface area contributed by atoms with Crippen molar-refractivity contribution in [3.63, 3.8) is 0 Å². The zero-order chi connectivity index (χ0) is 15.5. The van der Waals surface area contributed by atoms with Gasteiger partial charge in [-0.05, 0) is 50.0 Å². The van der Waals surface area contributed by atoms with Crippen LogP contribution >= 0.6 is 0 Å². The quantitative estimate of drug-likeness (QED) is 0.659. The second kappa shape index (κ2) is 5.99. The van der Waals surface area contributed by atoms with Crippen LogP contribution in [0.15, 0.2) is 30.3 Å². The van der Waals surface area contributed by atoms with E-state index in [1.54, 1.807) is 25.1 Å². The minimum Gasteiger partial charge on any atom is -0.480 e. The van der Waals surface area contributed by atoms with Crippen LogP contribution in [-0.4, -0.2) is 34.0 Å². The molecule has 1 saturated heterocycles. The monoisotopic (exact) mass is 288 g/mol. The number of rotatable bonds is 3. The van der Waals surface area contributed by atoms with E-state index in [4.69, 9.17) is 5.73 Å². The van der Waals surface area contributed by atoms with Crippen LogP contribution < -0.4 is 5.73 Å². The number of benzene rings is 1. The summed E-state index contributed by atoms with van der Waals surface area (Å²) in [5.41, 5.74) is 6.01. The fraction of sp³-hybridized carbons (Fsp3) is 0.375. The average Bonchev–Trinajstić information content (AvgIpc) is 2.46. The number of carbonyl (C=O) groups excluding carboxylic acids is 1. The third kappa shape index (κ3) is 3.24. The van der Waals surface area contributed by atoms with Gasteiger partial charge in [-0.25, -0.2) is 4.79 Å². The Bertz CT molecular complexity index is 565. The summed E-state index contributed by atoms with van der Waals surface area (Å²) < 4.78 is 0. The minimum absolute atomic E-state index is 0.267. The summed E-state index contributed by atoms with van der Waals surface area (Å²) >= 11 is 0. The fourth-order valence-corrected chi connectivity index (χ4v) is 2.56. The standard InChI is InChI=1S/C16H20N2O3/c1-16(15(20)21)10-2-3-11-18(16)14(19)9-6-12-4-7-13(17)8-5-12/h4-9H,2-3,10-11,17H2,1H3,(H,20,21)/b9-6+. The Labute approximate surface area is 124 Å². The zero-order valence-corrected chi connectivity index (χ0v) is 12.1. The van der Waals surface area contributed by atoms with Crippen molar-refractivity contribution in [3.8, 4) is 0 Å². The van der Waals surface area contributed by atoms with E-state index in [1.807, 2.05) is 12.1 Å². The van der Waals surface area contributed by atoms with E-state index >= 15 is 0 Å². The molecule has 0 aliphatic carbocycles. The number of nitrogens with zero attached hydrogens (tertiary/aromatic N) is 1. The molecule has 5 nitrogen and oxygen atoms in total. The van der Waals surface area contributed by atoms with Crippen molar-refractivity contribution in [2.24, 2.45) is 0 Å². The lowest BCUT2D eigenvalue weighted by Gasteiger charge is -2.41. The summed E-state index contributed by atoms with van der Waals surface area (Å²) in [7, 11) is 0. The first-order valence-electron chi connectivity index (χ1n) is 7.02. The number of carboxylic acid groups (broad SMARTS) is 1. The van der Waals surface area contributed by atoms with Crippen molar-refractivity contribution in [2.75, 3.05) is 12.3 Å². The van der Waals surface area contributed by atoms with Gasteiger partial charge in [-0.2, -0.15) is 0 Å². The Morgan fingerprint density at radius 1 is 1.29 bits per heavy atom. The smallest absolute Gasteiger partial charge is 0.329 e. The summed E-state index contributed by atoms with van der Waals surface area (Å²) in [5.74, 6) is -1.21. The van der Waals surface area contributed by atoms with E-state index in [2.05, 4.69) is 0 Å². The predicted octanol–water partition coefficient (Wildman–Crippen LogP) is 2.14. The number of carboxylic acids is 1. The maximum Gasteiger partial charge on any atom is 0.329 e. The first-order chi connectivity index (χ1) is 9.93. The number of hydrogen-bond acceptors (Lipinski definition) is 3. The van der Waals surface area contributed by atoms with E-state index in [1.165, 1.54) is 11.0 Å². The number of aliphatic carboxylic acids is 1. The van der Waals surface area contributed by atoms with Gasteiger partial charge in [-0.1, -0.05) is 12.1 Å². The Kier molecular flexibility index (Phi) is 4.31. The number of nitrogens with two attached hydrogens (primary N) is 1. The molecule has 2 rings (SSSR count). The number of piperidine rings is 1. The first-order valence-corrected chi connectivity index (χ1v) is 7.02. The molecule has 112 valence electrons. The molecule has 1 amide bonds. The summed E-state index contributed by atoms with van der Waals surface area (Å²) in [4.78, 5) is 25.2. The van der Waals surface area contributed by atoms with Gasteiger partial charge in [0.15, 0.2) is 0 Å². The number of nitrogen functional groups attached to an aromatic ring is 1. The molecule has 1 aromatic carbocycles. The molecule has 1 heterocycles. The lowest BCUT2D eigenvalue weighted by molar-refractivity contribution is -0.158. The molecule has 1 atom stereocenters. The molecule has 1 fully saturated rings. The molecule has 21 heavy (non-hydrogen) atoms. The van der Waals surface area contributed by atoms with Crippen LogP contribution in [0.3, 0.4) is 0 Å². The molecule has 0 saturated carbocycles. The van der Waals surface area contributed by atoms with Gasteiger partial charge in [0.25, 0.3) is 0 Å². The topological polar surface area (TPSA) is 83.6 Å². The summed E-state index contributed by atoms with van der Waals surface area (Å²) in [5, 5.41) is 9.40. The van der Waals surface area contributed by atoms with Crippen LogP contribution in [0.2, 0.25) is 0 Å². The number of hydrogen-bond donors (Lipinski definition) is 2. The van der Waals surface area contributed by atoms with Gasteiger partial charge in [0.2, 0.25) is 5.91 Å². The van der Waals surface area contributed by atoms with E-state index in [9.17, 15) is 14.7 Å². The lowest BCUT2D eigenvalue weighted by atomic mass is 9.88. The zero-order valence-electron chi connectivity index (χ0n) is 12.1. The maximum atomic E-state index is 12.3. The number of amides is 1.